The number of methoxy groups -OCH3 is 2. The Morgan fingerprint density at radius 2 is 1.69 bits per heavy atom. The minimum absolute atomic E-state index is 0.0444. The number of rotatable bonds is 10. The quantitative estimate of drug-likeness (QED) is 0.580. The first-order chi connectivity index (χ1) is 15.4. The summed E-state index contributed by atoms with van der Waals surface area (Å²) in [6.07, 6.45) is 7.03. The summed E-state index contributed by atoms with van der Waals surface area (Å²) in [7, 11) is 3.23. The Balaban J connectivity index is 1.63. The topological polar surface area (TPSA) is 50.8 Å². The largest absolute Gasteiger partial charge is 0.493 e. The predicted octanol–water partition coefficient (Wildman–Crippen LogP) is 4.83. The number of nitrogens with zero attached hydrogens (tertiary/aromatic N) is 1. The number of carbonyl (C=O) groups excluding carboxylic acids is 1. The van der Waals surface area contributed by atoms with E-state index in [1.54, 1.807) is 14.2 Å². The molecule has 1 unspecified atom stereocenters. The van der Waals surface area contributed by atoms with Gasteiger partial charge in [0.1, 0.15) is 0 Å². The van der Waals surface area contributed by atoms with E-state index < -0.39 is 0 Å². The van der Waals surface area contributed by atoms with Crippen LogP contribution >= 0.6 is 0 Å². The Morgan fingerprint density at radius 1 is 1.03 bits per heavy atom. The summed E-state index contributed by atoms with van der Waals surface area (Å²) in [6.45, 7) is 7.40. The van der Waals surface area contributed by atoms with Gasteiger partial charge >= 0.3 is 0 Å². The lowest BCUT2D eigenvalue weighted by Crippen LogP contribution is -2.46. The van der Waals surface area contributed by atoms with Gasteiger partial charge in [-0.15, -0.1) is 0 Å². The SMILES string of the molecule is CCC(NCCc1ccc(CC(C)C)cc1)N1C=Cc2cc(OC)c(OC)cc2CC1=O. The molecule has 0 radical (unpaired) electrons. The molecule has 5 nitrogen and oxygen atoms in total. The molecule has 2 aromatic rings. The highest BCUT2D eigenvalue weighted by Gasteiger charge is 2.24. The molecule has 1 heterocycles. The van der Waals surface area contributed by atoms with Crippen molar-refractivity contribution in [1.82, 2.24) is 10.2 Å². The molecule has 1 N–H and O–H groups in total. The summed E-state index contributed by atoms with van der Waals surface area (Å²) >= 11 is 0. The molecule has 3 rings (SSSR count). The Bertz CT molecular complexity index is 935. The minimum Gasteiger partial charge on any atom is -0.493 e. The zero-order chi connectivity index (χ0) is 23.1. The highest BCUT2D eigenvalue weighted by atomic mass is 16.5. The first kappa shape index (κ1) is 23.9. The van der Waals surface area contributed by atoms with Crippen LogP contribution in [0.5, 0.6) is 11.5 Å². The van der Waals surface area contributed by atoms with Crippen LogP contribution in [0.25, 0.3) is 6.08 Å². The molecule has 2 aromatic carbocycles. The number of benzene rings is 2. The summed E-state index contributed by atoms with van der Waals surface area (Å²) in [4.78, 5) is 14.9. The number of hydrogen-bond acceptors (Lipinski definition) is 4. The predicted molar refractivity (Wildman–Crippen MR) is 130 cm³/mol. The Morgan fingerprint density at radius 3 is 2.31 bits per heavy atom. The zero-order valence-electron chi connectivity index (χ0n) is 20.0. The van der Waals surface area contributed by atoms with E-state index in [1.807, 2.05) is 29.3 Å². The van der Waals surface area contributed by atoms with E-state index in [2.05, 4.69) is 50.4 Å². The molecule has 172 valence electrons. The van der Waals surface area contributed by atoms with Crippen LogP contribution in [0.3, 0.4) is 0 Å². The van der Waals surface area contributed by atoms with Crippen LogP contribution in [0, 0.1) is 5.92 Å². The fraction of sp³-hybridized carbons (Fsp3) is 0.444. The molecular formula is C27H36N2O3. The molecule has 0 bridgehead atoms. The van der Waals surface area contributed by atoms with Crippen molar-refractivity contribution in [2.24, 2.45) is 5.92 Å². The van der Waals surface area contributed by atoms with Crippen LogP contribution in [0.2, 0.25) is 0 Å². The van der Waals surface area contributed by atoms with Crippen molar-refractivity contribution >= 4 is 12.0 Å². The van der Waals surface area contributed by atoms with Gasteiger partial charge in [-0.25, -0.2) is 0 Å². The van der Waals surface area contributed by atoms with E-state index in [0.717, 1.165) is 36.9 Å². The maximum Gasteiger partial charge on any atom is 0.232 e. The summed E-state index contributed by atoms with van der Waals surface area (Å²) in [5.74, 6) is 2.05. The molecule has 1 amide bonds. The average molecular weight is 437 g/mol. The lowest BCUT2D eigenvalue weighted by Gasteiger charge is -2.28. The first-order valence-corrected chi connectivity index (χ1v) is 11.5. The third kappa shape index (κ3) is 5.92. The van der Waals surface area contributed by atoms with Crippen LogP contribution in [0.4, 0.5) is 0 Å². The number of fused-ring (bicyclic) bond motifs is 1. The molecular weight excluding hydrogens is 400 g/mol. The molecule has 1 aliphatic heterocycles. The molecule has 1 atom stereocenters. The molecule has 5 heteroatoms. The van der Waals surface area contributed by atoms with Crippen molar-refractivity contribution in [3.8, 4) is 11.5 Å². The van der Waals surface area contributed by atoms with Gasteiger partial charge in [0, 0.05) is 12.7 Å². The highest BCUT2D eigenvalue weighted by molar-refractivity contribution is 5.84. The zero-order valence-corrected chi connectivity index (χ0v) is 20.0. The summed E-state index contributed by atoms with van der Waals surface area (Å²) < 4.78 is 10.8. The van der Waals surface area contributed by atoms with E-state index in [9.17, 15) is 4.79 Å². The van der Waals surface area contributed by atoms with E-state index in [-0.39, 0.29) is 12.1 Å². The maximum absolute atomic E-state index is 13.1. The molecule has 1 aliphatic rings. The Labute approximate surface area is 192 Å². The van der Waals surface area contributed by atoms with Gasteiger partial charge in [0.25, 0.3) is 0 Å². The molecule has 0 spiro atoms. The number of amides is 1. The highest BCUT2D eigenvalue weighted by Crippen LogP contribution is 2.33. The summed E-state index contributed by atoms with van der Waals surface area (Å²) in [6, 6.07) is 12.7. The van der Waals surface area contributed by atoms with Gasteiger partial charge in [0.2, 0.25) is 5.91 Å². The van der Waals surface area contributed by atoms with Crippen molar-refractivity contribution in [3.05, 3.63) is 64.9 Å². The molecule has 0 aliphatic carbocycles. The van der Waals surface area contributed by atoms with E-state index in [0.29, 0.717) is 23.8 Å². The van der Waals surface area contributed by atoms with Crippen LogP contribution in [-0.4, -0.2) is 37.7 Å². The number of hydrogen-bond donors (Lipinski definition) is 1. The molecule has 0 saturated carbocycles. The van der Waals surface area contributed by atoms with Crippen LogP contribution < -0.4 is 14.8 Å². The van der Waals surface area contributed by atoms with Crippen molar-refractivity contribution in [2.45, 2.75) is 52.6 Å². The van der Waals surface area contributed by atoms with Gasteiger partial charge in [-0.3, -0.25) is 10.1 Å². The van der Waals surface area contributed by atoms with Crippen LogP contribution in [0.15, 0.2) is 42.6 Å². The van der Waals surface area contributed by atoms with Gasteiger partial charge in [0.15, 0.2) is 11.5 Å². The normalized spacial score (nSPS) is 14.3. The first-order valence-electron chi connectivity index (χ1n) is 11.5. The molecule has 0 saturated heterocycles. The standard InChI is InChI=1S/C27H36N2O3/c1-6-26(28-13-11-20-7-9-21(10-8-20)15-19(2)3)29-14-12-22-16-24(31-4)25(32-5)17-23(22)18-27(29)30/h7-10,12,14,16-17,19,26,28H,6,11,13,15,18H2,1-5H3. The fourth-order valence-corrected chi connectivity index (χ4v) is 4.16. The van der Waals surface area contributed by atoms with Gasteiger partial charge in [0.05, 0.1) is 26.8 Å². The van der Waals surface area contributed by atoms with Gasteiger partial charge in [-0.2, -0.15) is 0 Å². The smallest absolute Gasteiger partial charge is 0.232 e. The monoisotopic (exact) mass is 436 g/mol. The average Bonchev–Trinajstić information content (AvgIpc) is 2.94. The Hall–Kier alpha value is -2.79. The van der Waals surface area contributed by atoms with Gasteiger partial charge in [-0.05, 0) is 65.6 Å². The number of nitrogens with one attached hydrogen (secondary N) is 1. The maximum atomic E-state index is 13.1. The van der Waals surface area contributed by atoms with Crippen molar-refractivity contribution in [2.75, 3.05) is 20.8 Å². The second kappa shape index (κ2) is 11.2. The molecule has 32 heavy (non-hydrogen) atoms. The van der Waals surface area contributed by atoms with Crippen LogP contribution in [-0.2, 0) is 24.1 Å². The third-order valence-corrected chi connectivity index (χ3v) is 5.87. The van der Waals surface area contributed by atoms with Crippen molar-refractivity contribution in [1.29, 1.82) is 0 Å². The van der Waals surface area contributed by atoms with Crippen molar-refractivity contribution in [3.63, 3.8) is 0 Å². The Kier molecular flexibility index (Phi) is 8.34. The van der Waals surface area contributed by atoms with E-state index in [1.165, 1.54) is 11.1 Å². The molecule has 0 fully saturated rings. The summed E-state index contributed by atoms with van der Waals surface area (Å²) in [5, 5.41) is 3.57. The number of carbonyl (C=O) groups is 1. The second-order valence-corrected chi connectivity index (χ2v) is 8.74. The summed E-state index contributed by atoms with van der Waals surface area (Å²) in [5.41, 5.74) is 4.62. The van der Waals surface area contributed by atoms with Gasteiger partial charge in [-0.1, -0.05) is 45.0 Å². The van der Waals surface area contributed by atoms with Crippen LogP contribution in [0.1, 0.15) is 49.4 Å². The minimum atomic E-state index is -0.0444. The molecule has 0 aromatic heterocycles. The third-order valence-electron chi connectivity index (χ3n) is 5.87. The van der Waals surface area contributed by atoms with E-state index in [4.69, 9.17) is 9.47 Å². The fourth-order valence-electron chi connectivity index (χ4n) is 4.16. The van der Waals surface area contributed by atoms with Gasteiger partial charge < -0.3 is 14.4 Å². The van der Waals surface area contributed by atoms with E-state index >= 15 is 0 Å². The lowest BCUT2D eigenvalue weighted by atomic mass is 10.0. The van der Waals surface area contributed by atoms with Crippen molar-refractivity contribution < 1.29 is 14.3 Å². The number of ether oxygens (including phenoxy) is 2. The second-order valence-electron chi connectivity index (χ2n) is 8.74. The lowest BCUT2D eigenvalue weighted by molar-refractivity contribution is -0.130.